The minimum absolute atomic E-state index is 1.24. The van der Waals surface area contributed by atoms with E-state index in [9.17, 15) is 0 Å². The third-order valence-corrected chi connectivity index (χ3v) is 11.1. The van der Waals surface area contributed by atoms with Crippen molar-refractivity contribution in [2.75, 3.05) is 0 Å². The summed E-state index contributed by atoms with van der Waals surface area (Å²) in [5.74, 6) is 0. The number of benzene rings is 9. The molecular weight excluding hydrogens is 585 g/mol. The lowest BCUT2D eigenvalue weighted by molar-refractivity contribution is 1.64. The molecule has 0 radical (unpaired) electrons. The van der Waals surface area contributed by atoms with E-state index in [1.165, 1.54) is 96.6 Å². The van der Waals surface area contributed by atoms with Crippen LogP contribution in [0.15, 0.2) is 170 Å². The summed E-state index contributed by atoms with van der Waals surface area (Å²) >= 11 is 1.89. The lowest BCUT2D eigenvalue weighted by Crippen LogP contribution is -1.91. The van der Waals surface area contributed by atoms with Crippen molar-refractivity contribution in [1.29, 1.82) is 0 Å². The molecule has 1 heterocycles. The maximum Gasteiger partial charge on any atom is 0.0433 e. The van der Waals surface area contributed by atoms with Crippen LogP contribution in [0.1, 0.15) is 0 Å². The Morgan fingerprint density at radius 3 is 1.53 bits per heavy atom. The third-order valence-electron chi connectivity index (χ3n) is 9.85. The van der Waals surface area contributed by atoms with Crippen LogP contribution >= 0.6 is 11.3 Å². The van der Waals surface area contributed by atoms with Crippen LogP contribution in [0.3, 0.4) is 0 Å². The van der Waals surface area contributed by atoms with Crippen molar-refractivity contribution in [1.82, 2.24) is 0 Å². The van der Waals surface area contributed by atoms with E-state index in [1.54, 1.807) is 0 Å². The second-order valence-corrected chi connectivity index (χ2v) is 13.5. The minimum Gasteiger partial charge on any atom is -0.135 e. The van der Waals surface area contributed by atoms with Gasteiger partial charge in [0.05, 0.1) is 0 Å². The zero-order valence-corrected chi connectivity index (χ0v) is 26.4. The molecule has 0 saturated carbocycles. The highest BCUT2D eigenvalue weighted by Gasteiger charge is 2.17. The van der Waals surface area contributed by atoms with E-state index in [2.05, 4.69) is 170 Å². The first kappa shape index (κ1) is 26.5. The van der Waals surface area contributed by atoms with E-state index in [1.807, 2.05) is 11.3 Å². The lowest BCUT2D eigenvalue weighted by atomic mass is 9.85. The third kappa shape index (κ3) is 4.07. The molecule has 0 atom stereocenters. The van der Waals surface area contributed by atoms with Gasteiger partial charge in [-0.25, -0.2) is 0 Å². The standard InChI is InChI=1S/C46H28S/c1-2-11-34-29(10-1)22-25-32-28-33(26-27-35(32)34)45-40-15-5-3-13-38(40)44(39-14-4-6-16-41(39)45)31-23-20-30(21-24-31)36-17-9-18-42-37-12-7-8-19-43(37)47-46(36)42/h1-28H. The van der Waals surface area contributed by atoms with Gasteiger partial charge in [-0.15, -0.1) is 11.3 Å². The van der Waals surface area contributed by atoms with E-state index < -0.39 is 0 Å². The smallest absolute Gasteiger partial charge is 0.0433 e. The fraction of sp³-hybridized carbons (Fsp3) is 0. The monoisotopic (exact) mass is 612 g/mol. The molecule has 0 aliphatic carbocycles. The topological polar surface area (TPSA) is 0 Å². The van der Waals surface area contributed by atoms with Crippen LogP contribution in [0.2, 0.25) is 0 Å². The summed E-state index contributed by atoms with van der Waals surface area (Å²) in [4.78, 5) is 0. The van der Waals surface area contributed by atoms with Crippen molar-refractivity contribution in [3.8, 4) is 33.4 Å². The molecule has 218 valence electrons. The van der Waals surface area contributed by atoms with Crippen molar-refractivity contribution in [2.24, 2.45) is 0 Å². The van der Waals surface area contributed by atoms with E-state index in [-0.39, 0.29) is 0 Å². The van der Waals surface area contributed by atoms with Crippen molar-refractivity contribution < 1.29 is 0 Å². The molecule has 10 aromatic rings. The first-order valence-electron chi connectivity index (χ1n) is 16.2. The molecule has 0 N–H and O–H groups in total. The second kappa shape index (κ2) is 10.4. The summed E-state index contributed by atoms with van der Waals surface area (Å²) in [5.41, 5.74) is 7.62. The van der Waals surface area contributed by atoms with Crippen LogP contribution in [0, 0.1) is 0 Å². The average Bonchev–Trinajstić information content (AvgIpc) is 3.53. The number of hydrogen-bond acceptors (Lipinski definition) is 1. The quantitative estimate of drug-likeness (QED) is 0.138. The predicted octanol–water partition coefficient (Wildman–Crippen LogP) is 13.7. The number of thiophene rings is 1. The zero-order chi connectivity index (χ0) is 30.9. The van der Waals surface area contributed by atoms with Gasteiger partial charge in [-0.05, 0) is 88.6 Å². The SMILES string of the molecule is c1ccc2c(c1)ccc1cc(-c3c4ccccc4c(-c4ccc(-c5cccc6c5sc5ccccc56)cc4)c4ccccc34)ccc12. The zero-order valence-electron chi connectivity index (χ0n) is 25.6. The molecule has 0 fully saturated rings. The molecule has 0 unspecified atom stereocenters. The van der Waals surface area contributed by atoms with Gasteiger partial charge in [0.2, 0.25) is 0 Å². The van der Waals surface area contributed by atoms with Gasteiger partial charge in [-0.3, -0.25) is 0 Å². The Kier molecular flexibility index (Phi) is 5.85. The van der Waals surface area contributed by atoms with Crippen molar-refractivity contribution in [2.45, 2.75) is 0 Å². The molecule has 1 heteroatoms. The van der Waals surface area contributed by atoms with Crippen LogP contribution in [0.4, 0.5) is 0 Å². The highest BCUT2D eigenvalue weighted by Crippen LogP contribution is 2.45. The Morgan fingerprint density at radius 2 is 0.809 bits per heavy atom. The highest BCUT2D eigenvalue weighted by molar-refractivity contribution is 7.26. The van der Waals surface area contributed by atoms with E-state index in [4.69, 9.17) is 0 Å². The van der Waals surface area contributed by atoms with Crippen LogP contribution in [0.25, 0.3) is 96.6 Å². The lowest BCUT2D eigenvalue weighted by Gasteiger charge is -2.18. The maximum atomic E-state index is 2.37. The summed E-state index contributed by atoms with van der Waals surface area (Å²) in [6, 6.07) is 62.7. The molecule has 9 aromatic carbocycles. The number of fused-ring (bicyclic) bond motifs is 8. The van der Waals surface area contributed by atoms with Crippen LogP contribution in [0.5, 0.6) is 0 Å². The molecule has 47 heavy (non-hydrogen) atoms. The minimum atomic E-state index is 1.24. The van der Waals surface area contributed by atoms with Gasteiger partial charge in [0.1, 0.15) is 0 Å². The molecule has 0 nitrogen and oxygen atoms in total. The van der Waals surface area contributed by atoms with E-state index in [0.29, 0.717) is 0 Å². The highest BCUT2D eigenvalue weighted by atomic mass is 32.1. The molecule has 1 aromatic heterocycles. The summed E-state index contributed by atoms with van der Waals surface area (Å²) < 4.78 is 2.69. The molecule has 0 amide bonds. The van der Waals surface area contributed by atoms with Gasteiger partial charge in [-0.1, -0.05) is 158 Å². The Hall–Kier alpha value is -5.76. The van der Waals surface area contributed by atoms with Gasteiger partial charge in [0.25, 0.3) is 0 Å². The largest absolute Gasteiger partial charge is 0.135 e. The van der Waals surface area contributed by atoms with Crippen LogP contribution in [-0.2, 0) is 0 Å². The Balaban J connectivity index is 1.16. The van der Waals surface area contributed by atoms with Gasteiger partial charge in [0.15, 0.2) is 0 Å². The number of hydrogen-bond donors (Lipinski definition) is 0. The van der Waals surface area contributed by atoms with Crippen molar-refractivity contribution in [3.05, 3.63) is 170 Å². The molecule has 0 bridgehead atoms. The van der Waals surface area contributed by atoms with Gasteiger partial charge in [-0.2, -0.15) is 0 Å². The van der Waals surface area contributed by atoms with Crippen LogP contribution < -0.4 is 0 Å². The van der Waals surface area contributed by atoms with Gasteiger partial charge >= 0.3 is 0 Å². The summed E-state index contributed by atoms with van der Waals surface area (Å²) in [5, 5.41) is 12.9. The molecule has 0 saturated heterocycles. The molecule has 0 spiro atoms. The Morgan fingerprint density at radius 1 is 0.298 bits per heavy atom. The Bertz CT molecular complexity index is 2780. The fourth-order valence-electron chi connectivity index (χ4n) is 7.71. The van der Waals surface area contributed by atoms with E-state index >= 15 is 0 Å². The molecule has 0 aliphatic heterocycles. The second-order valence-electron chi connectivity index (χ2n) is 12.4. The summed E-state index contributed by atoms with van der Waals surface area (Å²) in [6.45, 7) is 0. The van der Waals surface area contributed by atoms with Crippen LogP contribution in [-0.4, -0.2) is 0 Å². The summed E-state index contributed by atoms with van der Waals surface area (Å²) in [7, 11) is 0. The molecule has 0 aliphatic rings. The van der Waals surface area contributed by atoms with Crippen molar-refractivity contribution >= 4 is 74.6 Å². The molecule has 10 rings (SSSR count). The Labute approximate surface area is 276 Å². The van der Waals surface area contributed by atoms with Gasteiger partial charge < -0.3 is 0 Å². The number of rotatable bonds is 3. The maximum absolute atomic E-state index is 2.37. The first-order valence-corrected chi connectivity index (χ1v) is 17.0. The normalized spacial score (nSPS) is 11.8. The van der Waals surface area contributed by atoms with E-state index in [0.717, 1.165) is 0 Å². The van der Waals surface area contributed by atoms with Crippen molar-refractivity contribution in [3.63, 3.8) is 0 Å². The fourth-order valence-corrected chi connectivity index (χ4v) is 8.95. The molecular formula is C46H28S. The predicted molar refractivity (Wildman–Crippen MR) is 206 cm³/mol. The summed E-state index contributed by atoms with van der Waals surface area (Å²) in [6.07, 6.45) is 0. The van der Waals surface area contributed by atoms with Gasteiger partial charge in [0, 0.05) is 20.2 Å². The first-order chi connectivity index (χ1) is 23.3. The average molecular weight is 613 g/mol.